The van der Waals surface area contributed by atoms with Gasteiger partial charge in [-0.1, -0.05) is 0 Å². The molecule has 2 rings (SSSR count). The normalized spacial score (nSPS) is 11.5. The van der Waals surface area contributed by atoms with Gasteiger partial charge < -0.3 is 10.0 Å². The molecule has 0 bridgehead atoms. The lowest BCUT2D eigenvalue weighted by Gasteiger charge is -2.25. The summed E-state index contributed by atoms with van der Waals surface area (Å²) >= 11 is 0. The molecular weight excluding hydrogens is 285 g/mol. The summed E-state index contributed by atoms with van der Waals surface area (Å²) in [6.45, 7) is 5.28. The maximum Gasteiger partial charge on any atom is 0.257 e. The fraction of sp³-hybridized carbons (Fsp3) is 0.375. The van der Waals surface area contributed by atoms with Gasteiger partial charge in [-0.05, 0) is 45.0 Å². The van der Waals surface area contributed by atoms with Crippen molar-refractivity contribution in [3.05, 3.63) is 47.5 Å². The third-order valence-corrected chi connectivity index (χ3v) is 3.28. The molecule has 0 aliphatic rings. The Morgan fingerprint density at radius 2 is 1.95 bits per heavy atom. The van der Waals surface area contributed by atoms with E-state index in [2.05, 4.69) is 5.10 Å². The predicted octanol–water partition coefficient (Wildman–Crippen LogP) is 2.16. The fourth-order valence-electron chi connectivity index (χ4n) is 2.32. The Hall–Kier alpha value is -2.21. The molecule has 0 spiro atoms. The first-order valence-corrected chi connectivity index (χ1v) is 6.97. The summed E-state index contributed by atoms with van der Waals surface area (Å²) < 4.78 is 14.6. The molecule has 0 atom stereocenters. The van der Waals surface area contributed by atoms with E-state index in [1.165, 1.54) is 23.2 Å². The first-order valence-electron chi connectivity index (χ1n) is 6.97. The lowest BCUT2D eigenvalue weighted by Crippen LogP contribution is -2.39. The minimum absolute atomic E-state index is 0.215. The summed E-state index contributed by atoms with van der Waals surface area (Å²) in [5.74, 6) is -0.539. The molecule has 1 N–H and O–H groups in total. The van der Waals surface area contributed by atoms with Crippen LogP contribution in [0.2, 0.25) is 0 Å². The van der Waals surface area contributed by atoms with Gasteiger partial charge in [0, 0.05) is 13.6 Å². The van der Waals surface area contributed by atoms with Crippen LogP contribution in [0.15, 0.2) is 30.5 Å². The molecule has 1 amide bonds. The first-order chi connectivity index (χ1) is 10.2. The summed E-state index contributed by atoms with van der Waals surface area (Å²) in [5.41, 5.74) is 0.837. The van der Waals surface area contributed by atoms with Crippen LogP contribution < -0.4 is 0 Å². The highest BCUT2D eigenvalue weighted by molar-refractivity contribution is 5.95. The lowest BCUT2D eigenvalue weighted by molar-refractivity contribution is 0.0367. The molecule has 1 heterocycles. The summed E-state index contributed by atoms with van der Waals surface area (Å²) in [6.07, 6.45) is 1.49. The third-order valence-electron chi connectivity index (χ3n) is 3.28. The van der Waals surface area contributed by atoms with Gasteiger partial charge in [0.25, 0.3) is 5.91 Å². The average molecular weight is 305 g/mol. The zero-order valence-corrected chi connectivity index (χ0v) is 13.2. The molecule has 0 radical (unpaired) electrons. The summed E-state index contributed by atoms with van der Waals surface area (Å²) in [6, 6.07) is 5.89. The molecule has 0 fully saturated rings. The molecule has 2 aromatic rings. The van der Waals surface area contributed by atoms with Gasteiger partial charge in [-0.15, -0.1) is 0 Å². The standard InChI is InChI=1S/C16H20FN3O2/c1-11-14(15(21)19(4)10-16(2,3)22)9-18-20(11)13-7-5-12(17)6-8-13/h5-9,22H,10H2,1-4H3. The maximum atomic E-state index is 13.0. The van der Waals surface area contributed by atoms with Crippen LogP contribution in [0.1, 0.15) is 29.9 Å². The fourth-order valence-corrected chi connectivity index (χ4v) is 2.32. The van der Waals surface area contributed by atoms with Crippen molar-refractivity contribution in [1.82, 2.24) is 14.7 Å². The van der Waals surface area contributed by atoms with Crippen molar-refractivity contribution in [2.45, 2.75) is 26.4 Å². The molecule has 0 unspecified atom stereocenters. The van der Waals surface area contributed by atoms with Gasteiger partial charge in [0.05, 0.1) is 28.7 Å². The van der Waals surface area contributed by atoms with Crippen LogP contribution in [0.4, 0.5) is 4.39 Å². The summed E-state index contributed by atoms with van der Waals surface area (Å²) in [7, 11) is 1.63. The smallest absolute Gasteiger partial charge is 0.257 e. The maximum absolute atomic E-state index is 13.0. The molecule has 1 aromatic carbocycles. The van der Waals surface area contributed by atoms with Crippen LogP contribution in [-0.4, -0.2) is 44.9 Å². The van der Waals surface area contributed by atoms with Crippen LogP contribution in [0.25, 0.3) is 5.69 Å². The van der Waals surface area contributed by atoms with E-state index in [-0.39, 0.29) is 18.3 Å². The van der Waals surface area contributed by atoms with Crippen molar-refractivity contribution in [2.24, 2.45) is 0 Å². The second kappa shape index (κ2) is 5.88. The highest BCUT2D eigenvalue weighted by atomic mass is 19.1. The van der Waals surface area contributed by atoms with Crippen LogP contribution in [0, 0.1) is 12.7 Å². The Balaban J connectivity index is 2.27. The monoisotopic (exact) mass is 305 g/mol. The molecule has 5 nitrogen and oxygen atoms in total. The topological polar surface area (TPSA) is 58.4 Å². The number of carbonyl (C=O) groups is 1. The minimum Gasteiger partial charge on any atom is -0.389 e. The number of benzene rings is 1. The van der Waals surface area contributed by atoms with Gasteiger partial charge in [-0.3, -0.25) is 4.79 Å². The number of aromatic nitrogens is 2. The molecule has 0 saturated carbocycles. The number of hydrogen-bond donors (Lipinski definition) is 1. The van der Waals surface area contributed by atoms with Crippen LogP contribution >= 0.6 is 0 Å². The van der Waals surface area contributed by atoms with Crippen molar-refractivity contribution in [3.63, 3.8) is 0 Å². The molecule has 118 valence electrons. The van der Waals surface area contributed by atoms with Crippen molar-refractivity contribution >= 4 is 5.91 Å². The molecule has 0 aliphatic carbocycles. The quantitative estimate of drug-likeness (QED) is 0.941. The van der Waals surface area contributed by atoms with Gasteiger partial charge in [0.15, 0.2) is 0 Å². The van der Waals surface area contributed by atoms with Crippen LogP contribution in [0.3, 0.4) is 0 Å². The van der Waals surface area contributed by atoms with E-state index >= 15 is 0 Å². The number of amides is 1. The largest absolute Gasteiger partial charge is 0.389 e. The van der Waals surface area contributed by atoms with Crippen LogP contribution in [-0.2, 0) is 0 Å². The van der Waals surface area contributed by atoms with Gasteiger partial charge >= 0.3 is 0 Å². The predicted molar refractivity (Wildman–Crippen MR) is 81.5 cm³/mol. The highest BCUT2D eigenvalue weighted by Gasteiger charge is 2.23. The zero-order chi connectivity index (χ0) is 16.5. The minimum atomic E-state index is -0.967. The van der Waals surface area contributed by atoms with E-state index in [4.69, 9.17) is 0 Å². The number of hydrogen-bond acceptors (Lipinski definition) is 3. The van der Waals surface area contributed by atoms with Gasteiger partial charge in [0.1, 0.15) is 5.82 Å². The number of likely N-dealkylation sites (N-methyl/N-ethyl adjacent to an activating group) is 1. The van der Waals surface area contributed by atoms with Gasteiger partial charge in [-0.25, -0.2) is 9.07 Å². The summed E-state index contributed by atoms with van der Waals surface area (Å²) in [4.78, 5) is 13.9. The van der Waals surface area contributed by atoms with Crippen molar-refractivity contribution in [1.29, 1.82) is 0 Å². The molecule has 6 heteroatoms. The Kier molecular flexibility index (Phi) is 4.32. The highest BCUT2D eigenvalue weighted by Crippen LogP contribution is 2.17. The van der Waals surface area contributed by atoms with E-state index in [1.54, 1.807) is 44.6 Å². The molecule has 22 heavy (non-hydrogen) atoms. The molecule has 0 aliphatic heterocycles. The number of halogens is 1. The number of rotatable bonds is 4. The van der Waals surface area contributed by atoms with Crippen molar-refractivity contribution < 1.29 is 14.3 Å². The lowest BCUT2D eigenvalue weighted by atomic mass is 10.1. The van der Waals surface area contributed by atoms with Gasteiger partial charge in [0.2, 0.25) is 0 Å². The van der Waals surface area contributed by atoms with Crippen molar-refractivity contribution in [3.8, 4) is 5.69 Å². The summed E-state index contributed by atoms with van der Waals surface area (Å²) in [5, 5.41) is 14.0. The SMILES string of the molecule is Cc1c(C(=O)N(C)CC(C)(C)O)cnn1-c1ccc(F)cc1. The molecular formula is C16H20FN3O2. The third kappa shape index (κ3) is 3.51. The van der Waals surface area contributed by atoms with E-state index in [9.17, 15) is 14.3 Å². The number of nitrogens with zero attached hydrogens (tertiary/aromatic N) is 3. The second-order valence-corrected chi connectivity index (χ2v) is 6.01. The van der Waals surface area contributed by atoms with Crippen LogP contribution in [0.5, 0.6) is 0 Å². The molecule has 0 saturated heterocycles. The molecule has 1 aromatic heterocycles. The van der Waals surface area contributed by atoms with E-state index in [1.807, 2.05) is 0 Å². The van der Waals surface area contributed by atoms with Crippen molar-refractivity contribution in [2.75, 3.05) is 13.6 Å². The Morgan fingerprint density at radius 3 is 2.50 bits per heavy atom. The Morgan fingerprint density at radius 1 is 1.36 bits per heavy atom. The van der Waals surface area contributed by atoms with E-state index in [0.717, 1.165) is 0 Å². The second-order valence-electron chi connectivity index (χ2n) is 6.01. The Bertz CT molecular complexity index is 672. The van der Waals surface area contributed by atoms with E-state index in [0.29, 0.717) is 16.9 Å². The Labute approximate surface area is 129 Å². The zero-order valence-electron chi connectivity index (χ0n) is 13.2. The van der Waals surface area contributed by atoms with E-state index < -0.39 is 5.60 Å². The average Bonchev–Trinajstić information content (AvgIpc) is 2.79. The number of carbonyl (C=O) groups excluding carboxylic acids is 1. The number of aliphatic hydroxyl groups is 1. The van der Waals surface area contributed by atoms with Gasteiger partial charge in [-0.2, -0.15) is 5.10 Å². The first kappa shape index (κ1) is 16.2.